The van der Waals surface area contributed by atoms with E-state index in [-0.39, 0.29) is 0 Å². The molecule has 1 aromatic heterocycles. The van der Waals surface area contributed by atoms with Gasteiger partial charge in [0, 0.05) is 18.3 Å². The van der Waals surface area contributed by atoms with Crippen LogP contribution in [0.5, 0.6) is 5.88 Å². The molecule has 18 heavy (non-hydrogen) atoms. The molecule has 1 N–H and O–H groups in total. The van der Waals surface area contributed by atoms with Crippen LogP contribution in [0.25, 0.3) is 0 Å². The second-order valence-electron chi connectivity index (χ2n) is 5.03. The number of hydrogen-bond acceptors (Lipinski definition) is 3. The molecule has 0 aliphatic carbocycles. The number of methoxy groups -OCH3 is 1. The van der Waals surface area contributed by atoms with Crippen LogP contribution in [0.15, 0.2) is 18.3 Å². The van der Waals surface area contributed by atoms with E-state index in [1.54, 1.807) is 7.11 Å². The Morgan fingerprint density at radius 1 is 1.39 bits per heavy atom. The summed E-state index contributed by atoms with van der Waals surface area (Å²) in [6.07, 6.45) is 6.73. The molecule has 0 spiro atoms. The monoisotopic (exact) mass is 250 g/mol. The standard InChI is InChI=1S/C15H26N2O/c1-5-6-12(2)9-14(16-3)10-13-7-8-15(18-4)17-11-13/h7-8,11-12,14,16H,5-6,9-10H2,1-4H3. The van der Waals surface area contributed by atoms with Gasteiger partial charge in [-0.3, -0.25) is 0 Å². The highest BCUT2D eigenvalue weighted by molar-refractivity contribution is 5.18. The van der Waals surface area contributed by atoms with Gasteiger partial charge in [-0.05, 0) is 31.4 Å². The van der Waals surface area contributed by atoms with Crippen LogP contribution in [0.2, 0.25) is 0 Å². The van der Waals surface area contributed by atoms with E-state index in [1.807, 2.05) is 19.3 Å². The molecule has 0 aliphatic heterocycles. The van der Waals surface area contributed by atoms with Gasteiger partial charge in [-0.2, -0.15) is 0 Å². The molecule has 0 bridgehead atoms. The summed E-state index contributed by atoms with van der Waals surface area (Å²) in [5, 5.41) is 3.41. The molecule has 0 saturated heterocycles. The van der Waals surface area contributed by atoms with Crippen molar-refractivity contribution in [2.24, 2.45) is 5.92 Å². The number of hydrogen-bond donors (Lipinski definition) is 1. The van der Waals surface area contributed by atoms with Crippen LogP contribution in [0.3, 0.4) is 0 Å². The fourth-order valence-electron chi connectivity index (χ4n) is 2.34. The summed E-state index contributed by atoms with van der Waals surface area (Å²) in [6.45, 7) is 4.58. The lowest BCUT2D eigenvalue weighted by Gasteiger charge is -2.20. The zero-order valence-electron chi connectivity index (χ0n) is 12.1. The van der Waals surface area contributed by atoms with Crippen LogP contribution in [0.1, 0.15) is 38.7 Å². The van der Waals surface area contributed by atoms with Gasteiger partial charge in [0.05, 0.1) is 7.11 Å². The minimum absolute atomic E-state index is 0.529. The Balaban J connectivity index is 2.50. The van der Waals surface area contributed by atoms with Crippen LogP contribution in [-0.2, 0) is 6.42 Å². The Morgan fingerprint density at radius 3 is 2.67 bits per heavy atom. The van der Waals surface area contributed by atoms with E-state index >= 15 is 0 Å². The fourth-order valence-corrected chi connectivity index (χ4v) is 2.34. The van der Waals surface area contributed by atoms with Crippen LogP contribution < -0.4 is 10.1 Å². The highest BCUT2D eigenvalue weighted by Crippen LogP contribution is 2.16. The highest BCUT2D eigenvalue weighted by atomic mass is 16.5. The molecule has 0 fully saturated rings. The van der Waals surface area contributed by atoms with Crippen molar-refractivity contribution in [3.63, 3.8) is 0 Å². The normalized spacial score (nSPS) is 14.2. The first-order chi connectivity index (χ1) is 8.69. The maximum Gasteiger partial charge on any atom is 0.212 e. The molecule has 3 nitrogen and oxygen atoms in total. The van der Waals surface area contributed by atoms with Gasteiger partial charge in [-0.25, -0.2) is 4.98 Å². The molecule has 1 aromatic rings. The average molecular weight is 250 g/mol. The van der Waals surface area contributed by atoms with E-state index in [9.17, 15) is 0 Å². The maximum absolute atomic E-state index is 5.07. The number of ether oxygens (including phenoxy) is 1. The van der Waals surface area contributed by atoms with E-state index in [0.717, 1.165) is 12.3 Å². The molecule has 102 valence electrons. The number of nitrogens with one attached hydrogen (secondary N) is 1. The van der Waals surface area contributed by atoms with Crippen LogP contribution in [0.4, 0.5) is 0 Å². The van der Waals surface area contributed by atoms with E-state index in [4.69, 9.17) is 4.74 Å². The summed E-state index contributed by atoms with van der Waals surface area (Å²) >= 11 is 0. The number of aromatic nitrogens is 1. The molecule has 0 saturated carbocycles. The van der Waals surface area contributed by atoms with Crippen molar-refractivity contribution in [3.05, 3.63) is 23.9 Å². The van der Waals surface area contributed by atoms with Crippen LogP contribution in [-0.4, -0.2) is 25.2 Å². The van der Waals surface area contributed by atoms with Gasteiger partial charge in [0.2, 0.25) is 5.88 Å². The lowest BCUT2D eigenvalue weighted by molar-refractivity contribution is 0.392. The number of rotatable bonds is 8. The van der Waals surface area contributed by atoms with Crippen molar-refractivity contribution in [1.29, 1.82) is 0 Å². The molecule has 1 heterocycles. The summed E-state index contributed by atoms with van der Waals surface area (Å²) in [6, 6.07) is 4.56. The Hall–Kier alpha value is -1.09. The minimum atomic E-state index is 0.529. The molecule has 0 amide bonds. The van der Waals surface area contributed by atoms with Crippen molar-refractivity contribution in [3.8, 4) is 5.88 Å². The first-order valence-corrected chi connectivity index (χ1v) is 6.85. The molecular formula is C15H26N2O. The fraction of sp³-hybridized carbons (Fsp3) is 0.667. The lowest BCUT2D eigenvalue weighted by atomic mass is 9.94. The molecule has 2 atom stereocenters. The summed E-state index contributed by atoms with van der Waals surface area (Å²) in [5.41, 5.74) is 1.26. The zero-order valence-corrected chi connectivity index (χ0v) is 12.1. The first-order valence-electron chi connectivity index (χ1n) is 6.85. The Labute approximate surface area is 111 Å². The second-order valence-corrected chi connectivity index (χ2v) is 5.03. The molecule has 3 heteroatoms. The van der Waals surface area contributed by atoms with Crippen molar-refractivity contribution in [2.75, 3.05) is 14.2 Å². The maximum atomic E-state index is 5.07. The van der Waals surface area contributed by atoms with E-state index in [0.29, 0.717) is 11.9 Å². The number of likely N-dealkylation sites (N-methyl/N-ethyl adjacent to an activating group) is 1. The van der Waals surface area contributed by atoms with E-state index in [2.05, 4.69) is 30.2 Å². The van der Waals surface area contributed by atoms with E-state index in [1.165, 1.54) is 24.8 Å². The summed E-state index contributed by atoms with van der Waals surface area (Å²) in [4.78, 5) is 4.25. The highest BCUT2D eigenvalue weighted by Gasteiger charge is 2.12. The van der Waals surface area contributed by atoms with Crippen molar-refractivity contribution in [2.45, 2.75) is 45.6 Å². The van der Waals surface area contributed by atoms with Crippen molar-refractivity contribution < 1.29 is 4.74 Å². The molecule has 2 unspecified atom stereocenters. The van der Waals surface area contributed by atoms with Gasteiger partial charge >= 0.3 is 0 Å². The van der Waals surface area contributed by atoms with Gasteiger partial charge in [0.1, 0.15) is 0 Å². The molecule has 0 aliphatic rings. The quantitative estimate of drug-likeness (QED) is 0.770. The average Bonchev–Trinajstić information content (AvgIpc) is 2.39. The van der Waals surface area contributed by atoms with Gasteiger partial charge in [-0.15, -0.1) is 0 Å². The molecule has 0 radical (unpaired) electrons. The third-order valence-electron chi connectivity index (χ3n) is 3.37. The van der Waals surface area contributed by atoms with Gasteiger partial charge in [-0.1, -0.05) is 32.8 Å². The second kappa shape index (κ2) is 8.09. The number of nitrogens with zero attached hydrogens (tertiary/aromatic N) is 1. The summed E-state index contributed by atoms with van der Waals surface area (Å²) < 4.78 is 5.07. The van der Waals surface area contributed by atoms with Crippen LogP contribution in [0, 0.1) is 5.92 Å². The molecular weight excluding hydrogens is 224 g/mol. The third-order valence-corrected chi connectivity index (χ3v) is 3.37. The predicted octanol–water partition coefficient (Wildman–Crippen LogP) is 3.05. The van der Waals surface area contributed by atoms with Gasteiger partial charge in [0.15, 0.2) is 0 Å². The lowest BCUT2D eigenvalue weighted by Crippen LogP contribution is -2.29. The van der Waals surface area contributed by atoms with E-state index < -0.39 is 0 Å². The molecule has 1 rings (SSSR count). The minimum Gasteiger partial charge on any atom is -0.481 e. The Morgan fingerprint density at radius 2 is 2.17 bits per heavy atom. The van der Waals surface area contributed by atoms with Gasteiger partial charge in [0.25, 0.3) is 0 Å². The Kier molecular flexibility index (Phi) is 6.73. The first kappa shape index (κ1) is 15.0. The van der Waals surface area contributed by atoms with Crippen molar-refractivity contribution in [1.82, 2.24) is 10.3 Å². The Bertz CT molecular complexity index is 324. The SMILES string of the molecule is CCCC(C)CC(Cc1ccc(OC)nc1)NC. The van der Waals surface area contributed by atoms with Crippen molar-refractivity contribution >= 4 is 0 Å². The largest absolute Gasteiger partial charge is 0.481 e. The topological polar surface area (TPSA) is 34.1 Å². The molecule has 0 aromatic carbocycles. The third kappa shape index (κ3) is 5.05. The summed E-state index contributed by atoms with van der Waals surface area (Å²) in [7, 11) is 3.69. The summed E-state index contributed by atoms with van der Waals surface area (Å²) in [5.74, 6) is 1.46. The zero-order chi connectivity index (χ0) is 13.4. The van der Waals surface area contributed by atoms with Gasteiger partial charge < -0.3 is 10.1 Å². The predicted molar refractivity (Wildman–Crippen MR) is 76.0 cm³/mol. The number of pyridine rings is 1. The van der Waals surface area contributed by atoms with Crippen LogP contribution >= 0.6 is 0 Å². The smallest absolute Gasteiger partial charge is 0.212 e.